The third-order valence-electron chi connectivity index (χ3n) is 2.79. The lowest BCUT2D eigenvalue weighted by molar-refractivity contribution is 0.103. The minimum atomic E-state index is -0.585. The molecular weight excluding hydrogens is 311 g/mol. The summed E-state index contributed by atoms with van der Waals surface area (Å²) >= 11 is 3.31. The number of carbonyl (C=O) groups excluding carboxylic acids is 1. The summed E-state index contributed by atoms with van der Waals surface area (Å²) < 4.78 is 19.5. The van der Waals surface area contributed by atoms with Gasteiger partial charge in [-0.2, -0.15) is 0 Å². The Hall–Kier alpha value is -1.68. The average molecular weight is 323 g/mol. The maximum atomic E-state index is 13.9. The van der Waals surface area contributed by atoms with E-state index in [1.807, 2.05) is 13.0 Å². The molecule has 0 fully saturated rings. The Bertz CT molecular complexity index is 638. The van der Waals surface area contributed by atoms with Gasteiger partial charge in [-0.3, -0.25) is 4.79 Å². The Morgan fingerprint density at radius 3 is 2.53 bits per heavy atom. The van der Waals surface area contributed by atoms with Gasteiger partial charge in [0.25, 0.3) is 0 Å². The fourth-order valence-electron chi connectivity index (χ4n) is 1.77. The van der Waals surface area contributed by atoms with Crippen molar-refractivity contribution in [2.45, 2.75) is 6.92 Å². The third kappa shape index (κ3) is 2.84. The Kier molecular flexibility index (Phi) is 4.00. The summed E-state index contributed by atoms with van der Waals surface area (Å²) in [5, 5.41) is 0. The molecule has 0 radical (unpaired) electrons. The van der Waals surface area contributed by atoms with Gasteiger partial charge in [0.05, 0.1) is 12.7 Å². The van der Waals surface area contributed by atoms with E-state index in [0.717, 1.165) is 5.56 Å². The normalized spacial score (nSPS) is 10.3. The SMILES string of the molecule is COc1ccc(C(=O)c2cc(C)ccc2Br)c(F)c1. The maximum absolute atomic E-state index is 13.9. The van der Waals surface area contributed by atoms with Crippen molar-refractivity contribution in [3.05, 3.63) is 63.4 Å². The molecule has 0 aromatic heterocycles. The fourth-order valence-corrected chi connectivity index (χ4v) is 2.19. The predicted molar refractivity (Wildman–Crippen MR) is 75.3 cm³/mol. The molecule has 0 unspecified atom stereocenters. The van der Waals surface area contributed by atoms with E-state index in [1.54, 1.807) is 18.2 Å². The van der Waals surface area contributed by atoms with Gasteiger partial charge in [0.2, 0.25) is 0 Å². The first kappa shape index (κ1) is 13.7. The second kappa shape index (κ2) is 5.53. The summed E-state index contributed by atoms with van der Waals surface area (Å²) in [6, 6.07) is 9.60. The van der Waals surface area contributed by atoms with Crippen molar-refractivity contribution < 1.29 is 13.9 Å². The van der Waals surface area contributed by atoms with Crippen molar-refractivity contribution in [1.29, 1.82) is 0 Å². The molecule has 0 aliphatic heterocycles. The van der Waals surface area contributed by atoms with E-state index in [-0.39, 0.29) is 11.3 Å². The molecule has 0 amide bonds. The minimum Gasteiger partial charge on any atom is -0.497 e. The molecule has 0 saturated heterocycles. The Labute approximate surface area is 119 Å². The number of methoxy groups -OCH3 is 1. The maximum Gasteiger partial charge on any atom is 0.197 e. The molecule has 98 valence electrons. The first-order valence-electron chi connectivity index (χ1n) is 5.67. The number of aryl methyl sites for hydroxylation is 1. The molecule has 19 heavy (non-hydrogen) atoms. The van der Waals surface area contributed by atoms with E-state index < -0.39 is 5.82 Å². The van der Waals surface area contributed by atoms with Crippen molar-refractivity contribution in [2.75, 3.05) is 7.11 Å². The van der Waals surface area contributed by atoms with Crippen molar-refractivity contribution >= 4 is 21.7 Å². The van der Waals surface area contributed by atoms with Gasteiger partial charge in [-0.25, -0.2) is 4.39 Å². The number of rotatable bonds is 3. The molecule has 0 aliphatic carbocycles. The second-order valence-electron chi connectivity index (χ2n) is 4.16. The molecular formula is C15H12BrFO2. The molecule has 0 spiro atoms. The summed E-state index contributed by atoms with van der Waals surface area (Å²) in [5.74, 6) is -0.550. The fraction of sp³-hybridized carbons (Fsp3) is 0.133. The Morgan fingerprint density at radius 2 is 1.89 bits per heavy atom. The van der Waals surface area contributed by atoms with Crippen LogP contribution in [-0.4, -0.2) is 12.9 Å². The molecule has 2 rings (SSSR count). The van der Waals surface area contributed by atoms with Crippen molar-refractivity contribution in [1.82, 2.24) is 0 Å². The minimum absolute atomic E-state index is 0.0344. The average Bonchev–Trinajstić information content (AvgIpc) is 2.40. The first-order valence-corrected chi connectivity index (χ1v) is 6.46. The highest BCUT2D eigenvalue weighted by molar-refractivity contribution is 9.10. The van der Waals surface area contributed by atoms with E-state index >= 15 is 0 Å². The molecule has 0 heterocycles. The Balaban J connectivity index is 2.47. The van der Waals surface area contributed by atoms with Gasteiger partial charge in [0, 0.05) is 16.1 Å². The highest BCUT2D eigenvalue weighted by atomic mass is 79.9. The van der Waals surface area contributed by atoms with Gasteiger partial charge in [0.15, 0.2) is 5.78 Å². The lowest BCUT2D eigenvalue weighted by Gasteiger charge is -2.07. The van der Waals surface area contributed by atoms with Crippen molar-refractivity contribution in [2.24, 2.45) is 0 Å². The van der Waals surface area contributed by atoms with Crippen LogP contribution in [0.1, 0.15) is 21.5 Å². The highest BCUT2D eigenvalue weighted by Gasteiger charge is 2.17. The number of carbonyl (C=O) groups is 1. The van der Waals surface area contributed by atoms with Gasteiger partial charge in [-0.05, 0) is 31.2 Å². The quantitative estimate of drug-likeness (QED) is 0.794. The van der Waals surface area contributed by atoms with Gasteiger partial charge >= 0.3 is 0 Å². The Morgan fingerprint density at radius 1 is 1.16 bits per heavy atom. The van der Waals surface area contributed by atoms with Crippen LogP contribution in [0.25, 0.3) is 0 Å². The highest BCUT2D eigenvalue weighted by Crippen LogP contribution is 2.24. The first-order chi connectivity index (χ1) is 9.02. The predicted octanol–water partition coefficient (Wildman–Crippen LogP) is 4.14. The zero-order valence-electron chi connectivity index (χ0n) is 10.5. The molecule has 0 atom stereocenters. The van der Waals surface area contributed by atoms with Gasteiger partial charge in [0.1, 0.15) is 11.6 Å². The lowest BCUT2D eigenvalue weighted by Crippen LogP contribution is -2.05. The number of halogens is 2. The molecule has 0 aliphatic rings. The lowest BCUT2D eigenvalue weighted by atomic mass is 10.0. The van der Waals surface area contributed by atoms with Crippen molar-refractivity contribution in [3.63, 3.8) is 0 Å². The van der Waals surface area contributed by atoms with E-state index in [1.165, 1.54) is 19.2 Å². The summed E-state index contributed by atoms with van der Waals surface area (Å²) in [5.41, 5.74) is 1.43. The summed E-state index contributed by atoms with van der Waals surface area (Å²) in [6.45, 7) is 1.88. The molecule has 0 N–H and O–H groups in total. The molecule has 4 heteroatoms. The zero-order valence-corrected chi connectivity index (χ0v) is 12.1. The van der Waals surface area contributed by atoms with Crippen LogP contribution in [0.2, 0.25) is 0 Å². The topological polar surface area (TPSA) is 26.3 Å². The van der Waals surface area contributed by atoms with Crippen LogP contribution >= 0.6 is 15.9 Å². The summed E-state index contributed by atoms with van der Waals surface area (Å²) in [4.78, 5) is 12.3. The van der Waals surface area contributed by atoms with Crippen LogP contribution in [-0.2, 0) is 0 Å². The van der Waals surface area contributed by atoms with Crippen molar-refractivity contribution in [3.8, 4) is 5.75 Å². The van der Waals surface area contributed by atoms with E-state index in [4.69, 9.17) is 4.74 Å². The van der Waals surface area contributed by atoms with E-state index in [9.17, 15) is 9.18 Å². The number of hydrogen-bond donors (Lipinski definition) is 0. The van der Waals surface area contributed by atoms with Crippen LogP contribution in [0.5, 0.6) is 5.75 Å². The molecule has 2 aromatic rings. The van der Waals surface area contributed by atoms with E-state index in [0.29, 0.717) is 15.8 Å². The number of hydrogen-bond acceptors (Lipinski definition) is 2. The molecule has 2 nitrogen and oxygen atoms in total. The number of ether oxygens (including phenoxy) is 1. The smallest absolute Gasteiger partial charge is 0.197 e. The van der Waals surface area contributed by atoms with Crippen LogP contribution in [0, 0.1) is 12.7 Å². The second-order valence-corrected chi connectivity index (χ2v) is 5.01. The van der Waals surface area contributed by atoms with Crippen LogP contribution < -0.4 is 4.74 Å². The largest absolute Gasteiger partial charge is 0.497 e. The van der Waals surface area contributed by atoms with Gasteiger partial charge in [-0.1, -0.05) is 27.6 Å². The summed E-state index contributed by atoms with van der Waals surface area (Å²) in [6.07, 6.45) is 0. The molecule has 0 bridgehead atoms. The standard InChI is InChI=1S/C15H12BrFO2/c1-9-3-6-13(16)12(7-9)15(18)11-5-4-10(19-2)8-14(11)17/h3-8H,1-2H3. The number of ketones is 1. The van der Waals surface area contributed by atoms with Crippen LogP contribution in [0.3, 0.4) is 0 Å². The van der Waals surface area contributed by atoms with Crippen LogP contribution in [0.15, 0.2) is 40.9 Å². The van der Waals surface area contributed by atoms with Crippen LogP contribution in [0.4, 0.5) is 4.39 Å². The van der Waals surface area contributed by atoms with Gasteiger partial charge in [-0.15, -0.1) is 0 Å². The zero-order chi connectivity index (χ0) is 14.0. The monoisotopic (exact) mass is 322 g/mol. The molecule has 0 saturated carbocycles. The van der Waals surface area contributed by atoms with E-state index in [2.05, 4.69) is 15.9 Å². The third-order valence-corrected chi connectivity index (χ3v) is 3.48. The molecule has 2 aromatic carbocycles. The number of benzene rings is 2. The van der Waals surface area contributed by atoms with Gasteiger partial charge < -0.3 is 4.74 Å². The summed E-state index contributed by atoms with van der Waals surface area (Å²) in [7, 11) is 1.45.